The van der Waals surface area contributed by atoms with Crippen molar-refractivity contribution in [3.05, 3.63) is 0 Å². The summed E-state index contributed by atoms with van der Waals surface area (Å²) in [5.74, 6) is 0. The first-order chi connectivity index (χ1) is 12.4. The Morgan fingerprint density at radius 3 is 2.37 bits per heavy atom. The molecule has 0 unspecified atom stereocenters. The van der Waals surface area contributed by atoms with Crippen LogP contribution in [0.15, 0.2) is 0 Å². The number of nitrogens with zero attached hydrogens (tertiary/aromatic N) is 3. The maximum Gasteiger partial charge on any atom is 0.410 e. The Labute approximate surface area is 160 Å². The van der Waals surface area contributed by atoms with Gasteiger partial charge in [-0.25, -0.2) is 22.7 Å². The van der Waals surface area contributed by atoms with E-state index in [1.807, 2.05) is 30.6 Å². The quantitative estimate of drug-likeness (QED) is 0.747. The van der Waals surface area contributed by atoms with Gasteiger partial charge in [0.25, 0.3) is 0 Å². The van der Waals surface area contributed by atoms with Crippen LogP contribution >= 0.6 is 0 Å². The molecule has 5 aliphatic rings. The largest absolute Gasteiger partial charge is 0.444 e. The molecule has 5 rings (SSSR count). The number of piperazine rings is 1. The molecular weight excluding hydrogens is 372 g/mol. The molecule has 9 nitrogen and oxygen atoms in total. The SMILES string of the molecule is CNS(=O)(=O)C12CC(N3C[C@@H]4CN(C(=O)OC(C)(C)C)CCN4C3=O)(C1)C2. The summed E-state index contributed by atoms with van der Waals surface area (Å²) in [6, 6.07) is -0.0938. The molecule has 2 heterocycles. The van der Waals surface area contributed by atoms with E-state index in [0.717, 1.165) is 0 Å². The van der Waals surface area contributed by atoms with E-state index >= 15 is 0 Å². The predicted octanol–water partition coefficient (Wildman–Crippen LogP) is 0.568. The highest BCUT2D eigenvalue weighted by Crippen LogP contribution is 2.67. The molecule has 0 aromatic carbocycles. The number of sulfonamides is 1. The second kappa shape index (κ2) is 5.50. The van der Waals surface area contributed by atoms with E-state index in [-0.39, 0.29) is 23.7 Å². The summed E-state index contributed by atoms with van der Waals surface area (Å²) in [5, 5.41) is 0. The van der Waals surface area contributed by atoms with Gasteiger partial charge in [-0.3, -0.25) is 0 Å². The van der Waals surface area contributed by atoms with Crippen LogP contribution in [0.5, 0.6) is 0 Å². The van der Waals surface area contributed by atoms with Crippen molar-refractivity contribution in [3.8, 4) is 0 Å². The van der Waals surface area contributed by atoms with Crippen molar-refractivity contribution >= 4 is 22.1 Å². The lowest BCUT2D eigenvalue weighted by Gasteiger charge is -2.71. The molecule has 0 aromatic heterocycles. The van der Waals surface area contributed by atoms with Gasteiger partial charge in [-0.15, -0.1) is 0 Å². The first-order valence-corrected chi connectivity index (χ1v) is 10.9. The topological polar surface area (TPSA) is 99.3 Å². The summed E-state index contributed by atoms with van der Waals surface area (Å²) in [6.45, 7) is 7.42. The molecule has 2 bridgehead atoms. The highest BCUT2D eigenvalue weighted by atomic mass is 32.2. The second-order valence-electron chi connectivity index (χ2n) is 9.31. The first-order valence-electron chi connectivity index (χ1n) is 9.41. The molecule has 2 saturated heterocycles. The average molecular weight is 401 g/mol. The first kappa shape index (κ1) is 18.8. The maximum atomic E-state index is 12.9. The summed E-state index contributed by atoms with van der Waals surface area (Å²) >= 11 is 0. The van der Waals surface area contributed by atoms with Crippen molar-refractivity contribution in [2.24, 2.45) is 0 Å². The van der Waals surface area contributed by atoms with E-state index in [2.05, 4.69) is 4.72 Å². The van der Waals surface area contributed by atoms with Crippen LogP contribution in [0.2, 0.25) is 0 Å². The number of ether oxygens (including phenoxy) is 1. The van der Waals surface area contributed by atoms with Crippen molar-refractivity contribution in [3.63, 3.8) is 0 Å². The molecule has 3 aliphatic carbocycles. The fourth-order valence-corrected chi connectivity index (χ4v) is 6.84. The van der Waals surface area contributed by atoms with Gasteiger partial charge in [0.2, 0.25) is 10.0 Å². The molecule has 10 heteroatoms. The third-order valence-corrected chi connectivity index (χ3v) is 8.48. The van der Waals surface area contributed by atoms with Crippen LogP contribution in [0, 0.1) is 0 Å². The Morgan fingerprint density at radius 2 is 1.81 bits per heavy atom. The van der Waals surface area contributed by atoms with Crippen LogP contribution in [0.1, 0.15) is 40.0 Å². The van der Waals surface area contributed by atoms with Crippen LogP contribution in [-0.2, 0) is 14.8 Å². The van der Waals surface area contributed by atoms with Crippen molar-refractivity contribution in [2.75, 3.05) is 33.2 Å². The molecule has 1 atom stereocenters. The van der Waals surface area contributed by atoms with Crippen molar-refractivity contribution in [1.29, 1.82) is 0 Å². The number of carbonyl (C=O) groups excluding carboxylic acids is 2. The monoisotopic (exact) mass is 400 g/mol. The number of fused-ring (bicyclic) bond motifs is 1. The van der Waals surface area contributed by atoms with Gasteiger partial charge in [-0.2, -0.15) is 0 Å². The molecule has 1 N–H and O–H groups in total. The van der Waals surface area contributed by atoms with Gasteiger partial charge in [0, 0.05) is 31.7 Å². The van der Waals surface area contributed by atoms with E-state index in [1.54, 1.807) is 4.90 Å². The molecule has 5 fully saturated rings. The fraction of sp³-hybridized carbons (Fsp3) is 0.882. The highest BCUT2D eigenvalue weighted by Gasteiger charge is 2.77. The molecule has 3 saturated carbocycles. The van der Waals surface area contributed by atoms with E-state index < -0.39 is 20.4 Å². The highest BCUT2D eigenvalue weighted by molar-refractivity contribution is 7.91. The van der Waals surface area contributed by atoms with E-state index in [1.165, 1.54) is 7.05 Å². The number of rotatable bonds is 3. The van der Waals surface area contributed by atoms with E-state index in [9.17, 15) is 18.0 Å². The summed E-state index contributed by atoms with van der Waals surface area (Å²) < 4.78 is 31.5. The Balaban J connectivity index is 1.41. The zero-order chi connectivity index (χ0) is 19.8. The lowest BCUT2D eigenvalue weighted by atomic mass is 9.48. The third kappa shape index (κ3) is 2.63. The normalized spacial score (nSPS) is 35.5. The number of carbonyl (C=O) groups is 2. The standard InChI is InChI=1S/C17H28N4O5S/c1-15(2,3)26-14(23)19-5-6-20-12(7-19)8-21(13(20)22)16-9-17(10-16,11-16)27(24,25)18-4/h12,18H,5-11H2,1-4H3/t12-,16?,17?/m0/s1. The molecule has 152 valence electrons. The Morgan fingerprint density at radius 1 is 1.19 bits per heavy atom. The minimum atomic E-state index is -3.31. The summed E-state index contributed by atoms with van der Waals surface area (Å²) in [6.07, 6.45) is 1.17. The molecule has 2 aliphatic heterocycles. The Kier molecular flexibility index (Phi) is 3.83. The second-order valence-corrected chi connectivity index (χ2v) is 11.6. The van der Waals surface area contributed by atoms with Crippen molar-refractivity contribution < 1.29 is 22.7 Å². The third-order valence-electron chi connectivity index (χ3n) is 6.37. The molecule has 27 heavy (non-hydrogen) atoms. The van der Waals surface area contributed by atoms with Gasteiger partial charge in [-0.05, 0) is 47.1 Å². The Bertz CT molecular complexity index is 770. The van der Waals surface area contributed by atoms with Gasteiger partial charge in [0.15, 0.2) is 0 Å². The van der Waals surface area contributed by atoms with Gasteiger partial charge < -0.3 is 19.4 Å². The Hall–Kier alpha value is -1.55. The maximum absolute atomic E-state index is 12.9. The molecular formula is C17H28N4O5S. The van der Waals surface area contributed by atoms with Crippen LogP contribution in [0.4, 0.5) is 9.59 Å². The number of urea groups is 1. The van der Waals surface area contributed by atoms with E-state index in [4.69, 9.17) is 4.74 Å². The minimum absolute atomic E-state index is 0.0287. The molecule has 0 spiro atoms. The van der Waals surface area contributed by atoms with Crippen LogP contribution in [0.25, 0.3) is 0 Å². The fourth-order valence-electron chi connectivity index (χ4n) is 5.03. The zero-order valence-corrected chi connectivity index (χ0v) is 17.1. The number of amides is 3. The summed E-state index contributed by atoms with van der Waals surface area (Å²) in [4.78, 5) is 30.6. The van der Waals surface area contributed by atoms with Gasteiger partial charge >= 0.3 is 12.1 Å². The van der Waals surface area contributed by atoms with Crippen LogP contribution in [0.3, 0.4) is 0 Å². The van der Waals surface area contributed by atoms with Crippen LogP contribution < -0.4 is 4.72 Å². The van der Waals surface area contributed by atoms with Gasteiger partial charge in [-0.1, -0.05) is 0 Å². The number of hydrogen-bond acceptors (Lipinski definition) is 5. The van der Waals surface area contributed by atoms with Gasteiger partial charge in [0.05, 0.1) is 10.8 Å². The summed E-state index contributed by atoms with van der Waals surface area (Å²) in [5.41, 5.74) is -0.875. The molecule has 3 amide bonds. The molecule has 0 aromatic rings. The predicted molar refractivity (Wildman–Crippen MR) is 97.7 cm³/mol. The molecule has 0 radical (unpaired) electrons. The van der Waals surface area contributed by atoms with Crippen molar-refractivity contribution in [2.45, 2.75) is 62.0 Å². The lowest BCUT2D eigenvalue weighted by Crippen LogP contribution is -2.82. The van der Waals surface area contributed by atoms with Crippen LogP contribution in [-0.4, -0.2) is 90.4 Å². The lowest BCUT2D eigenvalue weighted by molar-refractivity contribution is -0.0947. The summed E-state index contributed by atoms with van der Waals surface area (Å²) in [7, 11) is -1.88. The number of hydrogen-bond donors (Lipinski definition) is 1. The minimum Gasteiger partial charge on any atom is -0.444 e. The average Bonchev–Trinajstić information content (AvgIpc) is 2.79. The van der Waals surface area contributed by atoms with E-state index in [0.29, 0.717) is 45.4 Å². The van der Waals surface area contributed by atoms with Crippen molar-refractivity contribution in [1.82, 2.24) is 19.4 Å². The zero-order valence-electron chi connectivity index (χ0n) is 16.3. The number of nitrogens with one attached hydrogen (secondary N) is 1. The smallest absolute Gasteiger partial charge is 0.410 e. The van der Waals surface area contributed by atoms with Gasteiger partial charge in [0.1, 0.15) is 5.60 Å².